The molecule has 0 fully saturated rings. The van der Waals surface area contributed by atoms with Crippen LogP contribution in [0.25, 0.3) is 10.1 Å². The number of rotatable bonds is 12. The Hall–Kier alpha value is -2.69. The number of methoxy groups -OCH3 is 1. The highest BCUT2D eigenvalue weighted by atomic mass is 32.2. The van der Waals surface area contributed by atoms with Crippen LogP contribution in [0.15, 0.2) is 40.6 Å². The molecule has 3 aromatic rings. The van der Waals surface area contributed by atoms with Crippen molar-refractivity contribution in [2.75, 3.05) is 39.2 Å². The van der Waals surface area contributed by atoms with Crippen LogP contribution in [-0.2, 0) is 19.4 Å². The van der Waals surface area contributed by atoms with Crippen LogP contribution >= 0.6 is 11.3 Å². The van der Waals surface area contributed by atoms with E-state index in [0.29, 0.717) is 52.8 Å². The van der Waals surface area contributed by atoms with E-state index in [4.69, 9.17) is 9.47 Å². The molecule has 34 heavy (non-hydrogen) atoms. The molecule has 7 nitrogen and oxygen atoms in total. The number of sulfone groups is 1. The lowest BCUT2D eigenvalue weighted by molar-refractivity contribution is -0.142. The number of carbonyl (C=O) groups excluding carboxylic acids is 1. The van der Waals surface area contributed by atoms with Gasteiger partial charge in [-0.1, -0.05) is 0 Å². The van der Waals surface area contributed by atoms with Crippen molar-refractivity contribution in [1.29, 1.82) is 0 Å². The molecule has 1 aromatic heterocycles. The van der Waals surface area contributed by atoms with Crippen molar-refractivity contribution in [3.8, 4) is 11.5 Å². The summed E-state index contributed by atoms with van der Waals surface area (Å²) >= 11 is 1.19. The first-order valence-electron chi connectivity index (χ1n) is 10.8. The maximum absolute atomic E-state index is 13.5. The monoisotopic (exact) mass is 509 g/mol. The molecule has 0 spiro atoms. The van der Waals surface area contributed by atoms with Crippen molar-refractivity contribution < 1.29 is 31.8 Å². The maximum Gasteiger partial charge on any atom is 0.343 e. The Morgan fingerprint density at radius 2 is 1.88 bits per heavy atom. The first kappa shape index (κ1) is 25.9. The number of esters is 1. The van der Waals surface area contributed by atoms with Gasteiger partial charge >= 0.3 is 5.97 Å². The third-order valence-corrected chi connectivity index (χ3v) is 8.95. The second-order valence-electron chi connectivity index (χ2n) is 7.72. The van der Waals surface area contributed by atoms with Gasteiger partial charge in [-0.3, -0.25) is 0 Å². The predicted molar refractivity (Wildman–Crippen MR) is 130 cm³/mol. The van der Waals surface area contributed by atoms with Gasteiger partial charge in [-0.25, -0.2) is 17.6 Å². The van der Waals surface area contributed by atoms with Crippen LogP contribution in [-0.4, -0.2) is 53.6 Å². The smallest absolute Gasteiger partial charge is 0.343 e. The zero-order valence-corrected chi connectivity index (χ0v) is 21.0. The quantitative estimate of drug-likeness (QED) is 0.291. The van der Waals surface area contributed by atoms with Gasteiger partial charge in [0, 0.05) is 11.2 Å². The van der Waals surface area contributed by atoms with Gasteiger partial charge in [0.1, 0.15) is 28.1 Å². The van der Waals surface area contributed by atoms with Crippen molar-refractivity contribution in [1.82, 2.24) is 5.32 Å². The highest BCUT2D eigenvalue weighted by Gasteiger charge is 2.21. The number of nitrogens with one attached hydrogen (secondary N) is 1. The SMILES string of the molecule is COC(=O)COc1ccc(OCCNCCCS(=O)(=O)c2sc3ccc(F)cc3c2C)cc1C. The molecule has 0 atom stereocenters. The van der Waals surface area contributed by atoms with Gasteiger partial charge < -0.3 is 19.5 Å². The van der Waals surface area contributed by atoms with E-state index in [1.54, 1.807) is 25.1 Å². The van der Waals surface area contributed by atoms with Crippen LogP contribution in [0.5, 0.6) is 11.5 Å². The number of aryl methyl sites for hydroxylation is 2. The second-order valence-corrected chi connectivity index (χ2v) is 11.1. The third kappa shape index (κ3) is 6.68. The number of fused-ring (bicyclic) bond motifs is 1. The zero-order chi connectivity index (χ0) is 24.7. The fourth-order valence-electron chi connectivity index (χ4n) is 3.38. The molecule has 0 radical (unpaired) electrons. The molecule has 0 aliphatic rings. The lowest BCUT2D eigenvalue weighted by Gasteiger charge is -2.11. The van der Waals surface area contributed by atoms with Crippen molar-refractivity contribution >= 4 is 37.2 Å². The highest BCUT2D eigenvalue weighted by Crippen LogP contribution is 2.35. The molecule has 3 rings (SSSR count). The van der Waals surface area contributed by atoms with Crippen LogP contribution in [0.2, 0.25) is 0 Å². The Balaban J connectivity index is 1.40. The molecular formula is C24H28FNO6S2. The molecular weight excluding hydrogens is 481 g/mol. The summed E-state index contributed by atoms with van der Waals surface area (Å²) in [5.74, 6) is 0.443. The van der Waals surface area contributed by atoms with Gasteiger partial charge in [0.05, 0.1) is 12.9 Å². The normalized spacial score (nSPS) is 11.5. The van der Waals surface area contributed by atoms with Crippen LogP contribution in [0.3, 0.4) is 0 Å². The van der Waals surface area contributed by atoms with Crippen molar-refractivity contribution in [2.24, 2.45) is 0 Å². The third-order valence-electron chi connectivity index (χ3n) is 5.17. The van der Waals surface area contributed by atoms with Gasteiger partial charge in [0.15, 0.2) is 16.4 Å². The number of thiophene rings is 1. The summed E-state index contributed by atoms with van der Waals surface area (Å²) in [4.78, 5) is 11.2. The molecule has 10 heteroatoms. The summed E-state index contributed by atoms with van der Waals surface area (Å²) in [5.41, 5.74) is 1.44. The fourth-order valence-corrected chi connectivity index (χ4v) is 6.62. The Kier molecular flexibility index (Phi) is 8.87. The summed E-state index contributed by atoms with van der Waals surface area (Å²) in [6.07, 6.45) is 0.454. The molecule has 0 saturated heterocycles. The number of hydrogen-bond acceptors (Lipinski definition) is 8. The molecule has 0 aliphatic heterocycles. The molecule has 2 aromatic carbocycles. The maximum atomic E-state index is 13.5. The van der Waals surface area contributed by atoms with E-state index < -0.39 is 15.8 Å². The number of ether oxygens (including phenoxy) is 3. The molecule has 0 saturated carbocycles. The topological polar surface area (TPSA) is 90.9 Å². The molecule has 0 amide bonds. The lowest BCUT2D eigenvalue weighted by atomic mass is 10.2. The van der Waals surface area contributed by atoms with Gasteiger partial charge in [-0.2, -0.15) is 0 Å². The van der Waals surface area contributed by atoms with Gasteiger partial charge in [-0.05, 0) is 79.7 Å². The van der Waals surface area contributed by atoms with Gasteiger partial charge in [-0.15, -0.1) is 11.3 Å². The van der Waals surface area contributed by atoms with Crippen LogP contribution in [0.1, 0.15) is 17.5 Å². The largest absolute Gasteiger partial charge is 0.492 e. The van der Waals surface area contributed by atoms with Gasteiger partial charge in [0.2, 0.25) is 0 Å². The molecule has 0 bridgehead atoms. The highest BCUT2D eigenvalue weighted by molar-refractivity contribution is 7.93. The number of carbonyl (C=O) groups is 1. The minimum Gasteiger partial charge on any atom is -0.492 e. The van der Waals surface area contributed by atoms with Crippen molar-refractivity contribution in [3.05, 3.63) is 53.3 Å². The first-order valence-corrected chi connectivity index (χ1v) is 13.2. The standard InChI is InChI=1S/C24H28FNO6S2/c1-16-13-19(6-7-21(16)32-15-23(27)30-3)31-11-10-26-9-4-12-34(28,29)24-17(2)20-14-18(25)5-8-22(20)33-24/h5-8,13-14,26H,4,9-12,15H2,1-3H3. The van der Waals surface area contributed by atoms with Crippen LogP contribution in [0, 0.1) is 19.7 Å². The first-order chi connectivity index (χ1) is 16.2. The Bertz CT molecular complexity index is 1260. The van der Waals surface area contributed by atoms with E-state index in [0.717, 1.165) is 10.3 Å². The summed E-state index contributed by atoms with van der Waals surface area (Å²) < 4.78 is 55.8. The van der Waals surface area contributed by atoms with E-state index in [2.05, 4.69) is 10.1 Å². The van der Waals surface area contributed by atoms with Crippen LogP contribution in [0.4, 0.5) is 4.39 Å². The predicted octanol–water partition coefficient (Wildman–Crippen LogP) is 4.04. The minimum atomic E-state index is -3.44. The average Bonchev–Trinajstić information content (AvgIpc) is 3.14. The van der Waals surface area contributed by atoms with E-state index in [1.165, 1.54) is 30.6 Å². The summed E-state index contributed by atoms with van der Waals surface area (Å²) in [5, 5.41) is 3.83. The molecule has 1 heterocycles. The van der Waals surface area contributed by atoms with E-state index in [-0.39, 0.29) is 18.2 Å². The number of benzene rings is 2. The molecule has 1 N–H and O–H groups in total. The molecule has 184 valence electrons. The van der Waals surface area contributed by atoms with Crippen LogP contribution < -0.4 is 14.8 Å². The molecule has 0 aliphatic carbocycles. The Labute approximate surface area is 202 Å². The fraction of sp³-hybridized carbons (Fsp3) is 0.375. The van der Waals surface area contributed by atoms with E-state index >= 15 is 0 Å². The average molecular weight is 510 g/mol. The molecule has 0 unspecified atom stereocenters. The Morgan fingerprint density at radius 1 is 1.09 bits per heavy atom. The van der Waals surface area contributed by atoms with E-state index in [1.807, 2.05) is 13.0 Å². The van der Waals surface area contributed by atoms with Crippen molar-refractivity contribution in [2.45, 2.75) is 24.5 Å². The number of halogens is 1. The summed E-state index contributed by atoms with van der Waals surface area (Å²) in [7, 11) is -2.13. The summed E-state index contributed by atoms with van der Waals surface area (Å²) in [6.45, 7) is 4.92. The van der Waals surface area contributed by atoms with Gasteiger partial charge in [0.25, 0.3) is 0 Å². The number of hydrogen-bond donors (Lipinski definition) is 1. The van der Waals surface area contributed by atoms with Crippen molar-refractivity contribution in [3.63, 3.8) is 0 Å². The Morgan fingerprint density at radius 3 is 2.62 bits per heavy atom. The summed E-state index contributed by atoms with van der Waals surface area (Å²) in [6, 6.07) is 9.65. The van der Waals surface area contributed by atoms with E-state index in [9.17, 15) is 17.6 Å². The lowest BCUT2D eigenvalue weighted by Crippen LogP contribution is -2.23. The minimum absolute atomic E-state index is 0.0171. The zero-order valence-electron chi connectivity index (χ0n) is 19.4. The second kappa shape index (κ2) is 11.6.